The van der Waals surface area contributed by atoms with Gasteiger partial charge >= 0.3 is 0 Å². The van der Waals surface area contributed by atoms with Crippen LogP contribution < -0.4 is 25.4 Å². The van der Waals surface area contributed by atoms with E-state index in [0.29, 0.717) is 37.0 Å². The zero-order valence-corrected chi connectivity index (χ0v) is 19.9. The van der Waals surface area contributed by atoms with Crippen LogP contribution in [0.3, 0.4) is 0 Å². The van der Waals surface area contributed by atoms with Crippen LogP contribution in [0.4, 0.5) is 5.69 Å². The van der Waals surface area contributed by atoms with E-state index in [0.717, 1.165) is 23.4 Å². The molecule has 1 atom stereocenters. The summed E-state index contributed by atoms with van der Waals surface area (Å²) < 4.78 is 10.8. The fraction of sp³-hybridized carbons (Fsp3) is 0.364. The number of benzene rings is 2. The molecular weight excluding hydrogens is 495 g/mol. The minimum Gasteiger partial charge on any atom is -0.493 e. The average Bonchev–Trinajstić information content (AvgIpc) is 2.74. The molecule has 162 valence electrons. The summed E-state index contributed by atoms with van der Waals surface area (Å²) in [4.78, 5) is 16.7. The van der Waals surface area contributed by atoms with Crippen molar-refractivity contribution >= 4 is 41.5 Å². The Morgan fingerprint density at radius 1 is 1.13 bits per heavy atom. The smallest absolute Gasteiger partial charge is 0.225 e. The van der Waals surface area contributed by atoms with Crippen molar-refractivity contribution in [1.29, 1.82) is 0 Å². The molecule has 3 N–H and O–H groups in total. The van der Waals surface area contributed by atoms with Gasteiger partial charge in [0.15, 0.2) is 17.5 Å². The molecule has 8 heteroatoms. The Kier molecular flexibility index (Phi) is 9.22. The van der Waals surface area contributed by atoms with Gasteiger partial charge in [-0.25, -0.2) is 4.99 Å². The summed E-state index contributed by atoms with van der Waals surface area (Å²) >= 11 is 0. The first kappa shape index (κ1) is 23.8. The van der Waals surface area contributed by atoms with Crippen molar-refractivity contribution in [3.63, 3.8) is 0 Å². The van der Waals surface area contributed by atoms with Gasteiger partial charge in [0, 0.05) is 36.7 Å². The van der Waals surface area contributed by atoms with Gasteiger partial charge < -0.3 is 25.4 Å². The standard InChI is InChI=1S/C22H28N4O3.HI/c1-4-23-22(24-13-15-8-7-11-19(28-2)21(15)29-3)25-14-16-12-20(27)26-18-10-6-5-9-17(16)18;/h5-11,16H,4,12-14H2,1-3H3,(H,26,27)(H2,23,24,25);1H. The highest BCUT2D eigenvalue weighted by Crippen LogP contribution is 2.32. The number of amides is 1. The predicted molar refractivity (Wildman–Crippen MR) is 130 cm³/mol. The fourth-order valence-corrected chi connectivity index (χ4v) is 3.49. The molecule has 0 fully saturated rings. The maximum atomic E-state index is 12.0. The van der Waals surface area contributed by atoms with Gasteiger partial charge in [0.05, 0.1) is 20.8 Å². The number of guanidine groups is 1. The minimum atomic E-state index is 0. The van der Waals surface area contributed by atoms with Crippen LogP contribution in [0, 0.1) is 0 Å². The van der Waals surface area contributed by atoms with E-state index in [9.17, 15) is 4.79 Å². The second kappa shape index (κ2) is 11.6. The maximum Gasteiger partial charge on any atom is 0.225 e. The Morgan fingerprint density at radius 3 is 2.67 bits per heavy atom. The highest BCUT2D eigenvalue weighted by Gasteiger charge is 2.24. The number of methoxy groups -OCH3 is 2. The third-order valence-electron chi connectivity index (χ3n) is 4.86. The number of ether oxygens (including phenoxy) is 2. The maximum absolute atomic E-state index is 12.0. The molecule has 0 aliphatic carbocycles. The number of para-hydroxylation sites is 2. The van der Waals surface area contributed by atoms with Gasteiger partial charge in [-0.3, -0.25) is 4.79 Å². The van der Waals surface area contributed by atoms with Gasteiger partial charge in [-0.1, -0.05) is 30.3 Å². The lowest BCUT2D eigenvalue weighted by molar-refractivity contribution is -0.116. The first-order valence-electron chi connectivity index (χ1n) is 9.77. The van der Waals surface area contributed by atoms with Crippen molar-refractivity contribution in [2.75, 3.05) is 32.6 Å². The highest BCUT2D eigenvalue weighted by atomic mass is 127. The first-order valence-corrected chi connectivity index (χ1v) is 9.77. The topological polar surface area (TPSA) is 84.0 Å². The molecule has 1 amide bonds. The largest absolute Gasteiger partial charge is 0.493 e. The summed E-state index contributed by atoms with van der Waals surface area (Å²) in [6.45, 7) is 3.82. The summed E-state index contributed by atoms with van der Waals surface area (Å²) in [7, 11) is 3.24. The van der Waals surface area contributed by atoms with Crippen LogP contribution in [0.2, 0.25) is 0 Å². The number of carbonyl (C=O) groups excluding carboxylic acids is 1. The Labute approximate surface area is 194 Å². The predicted octanol–water partition coefficient (Wildman–Crippen LogP) is 3.50. The zero-order chi connectivity index (χ0) is 20.6. The number of hydrogen-bond acceptors (Lipinski definition) is 4. The van der Waals surface area contributed by atoms with Crippen molar-refractivity contribution in [2.45, 2.75) is 25.8 Å². The number of rotatable bonds is 7. The Hall–Kier alpha value is -2.49. The van der Waals surface area contributed by atoms with Crippen molar-refractivity contribution in [3.05, 3.63) is 53.6 Å². The normalized spacial score (nSPS) is 15.4. The molecule has 7 nitrogen and oxygen atoms in total. The van der Waals surface area contributed by atoms with E-state index in [-0.39, 0.29) is 35.8 Å². The monoisotopic (exact) mass is 524 g/mol. The Bertz CT molecular complexity index is 888. The van der Waals surface area contributed by atoms with Gasteiger partial charge in [0.2, 0.25) is 5.91 Å². The number of nitrogens with one attached hydrogen (secondary N) is 3. The van der Waals surface area contributed by atoms with Crippen molar-refractivity contribution in [2.24, 2.45) is 4.99 Å². The van der Waals surface area contributed by atoms with Crippen LogP contribution in [0.1, 0.15) is 30.4 Å². The number of nitrogens with zero attached hydrogens (tertiary/aromatic N) is 1. The molecular formula is C22H29IN4O3. The second-order valence-electron chi connectivity index (χ2n) is 6.77. The van der Waals surface area contributed by atoms with E-state index in [1.165, 1.54) is 0 Å². The van der Waals surface area contributed by atoms with Gasteiger partial charge in [-0.05, 0) is 24.6 Å². The summed E-state index contributed by atoms with van der Waals surface area (Å²) in [5.41, 5.74) is 2.97. The molecule has 1 heterocycles. The van der Waals surface area contributed by atoms with Crippen LogP contribution in [0.15, 0.2) is 47.5 Å². The van der Waals surface area contributed by atoms with Crippen LogP contribution in [-0.4, -0.2) is 39.2 Å². The van der Waals surface area contributed by atoms with E-state index in [4.69, 9.17) is 9.47 Å². The third kappa shape index (κ3) is 5.78. The quantitative estimate of drug-likeness (QED) is 0.294. The lowest BCUT2D eigenvalue weighted by Crippen LogP contribution is -2.40. The summed E-state index contributed by atoms with van der Waals surface area (Å²) in [6, 6.07) is 13.7. The van der Waals surface area contributed by atoms with E-state index < -0.39 is 0 Å². The number of carbonyl (C=O) groups is 1. The van der Waals surface area contributed by atoms with Crippen molar-refractivity contribution < 1.29 is 14.3 Å². The van der Waals surface area contributed by atoms with E-state index in [2.05, 4.69) is 27.0 Å². The molecule has 0 bridgehead atoms. The Morgan fingerprint density at radius 2 is 1.93 bits per heavy atom. The van der Waals surface area contributed by atoms with E-state index >= 15 is 0 Å². The molecule has 3 rings (SSSR count). The van der Waals surface area contributed by atoms with Gasteiger partial charge in [-0.2, -0.15) is 0 Å². The molecule has 0 radical (unpaired) electrons. The fourth-order valence-electron chi connectivity index (χ4n) is 3.49. The second-order valence-corrected chi connectivity index (χ2v) is 6.77. The summed E-state index contributed by atoms with van der Waals surface area (Å²) in [6.07, 6.45) is 0.452. The number of fused-ring (bicyclic) bond motifs is 1. The van der Waals surface area contributed by atoms with E-state index in [1.54, 1.807) is 14.2 Å². The van der Waals surface area contributed by atoms with Gasteiger partial charge in [0.1, 0.15) is 0 Å². The van der Waals surface area contributed by atoms with Crippen molar-refractivity contribution in [1.82, 2.24) is 10.6 Å². The van der Waals surface area contributed by atoms with E-state index in [1.807, 2.05) is 43.3 Å². The molecule has 0 saturated heterocycles. The number of anilines is 1. The molecule has 0 spiro atoms. The molecule has 0 saturated carbocycles. The minimum absolute atomic E-state index is 0. The zero-order valence-electron chi connectivity index (χ0n) is 17.5. The summed E-state index contributed by atoms with van der Waals surface area (Å²) in [5, 5.41) is 9.57. The lowest BCUT2D eigenvalue weighted by atomic mass is 9.90. The van der Waals surface area contributed by atoms with Crippen LogP contribution in [-0.2, 0) is 11.3 Å². The SMILES string of the molecule is CCNC(=NCc1cccc(OC)c1OC)NCC1CC(=O)Nc2ccccc21.I. The number of halogens is 1. The summed E-state index contributed by atoms with van der Waals surface area (Å²) in [5.74, 6) is 2.20. The molecule has 30 heavy (non-hydrogen) atoms. The molecule has 2 aromatic rings. The average molecular weight is 524 g/mol. The van der Waals surface area contributed by atoms with Crippen LogP contribution >= 0.6 is 24.0 Å². The van der Waals surface area contributed by atoms with Crippen LogP contribution in [0.25, 0.3) is 0 Å². The Balaban J connectivity index is 0.00000320. The molecule has 1 aliphatic rings. The molecule has 2 aromatic carbocycles. The number of hydrogen-bond donors (Lipinski definition) is 3. The third-order valence-corrected chi connectivity index (χ3v) is 4.86. The van der Waals surface area contributed by atoms with Gasteiger partial charge in [0.25, 0.3) is 0 Å². The van der Waals surface area contributed by atoms with Crippen LogP contribution in [0.5, 0.6) is 11.5 Å². The van der Waals surface area contributed by atoms with Gasteiger partial charge in [-0.15, -0.1) is 24.0 Å². The molecule has 0 aromatic heterocycles. The molecule has 1 aliphatic heterocycles. The first-order chi connectivity index (χ1) is 14.2. The highest BCUT2D eigenvalue weighted by molar-refractivity contribution is 14.0. The lowest BCUT2D eigenvalue weighted by Gasteiger charge is -2.26. The molecule has 1 unspecified atom stereocenters. The number of aliphatic imine (C=N–C) groups is 1. The van der Waals surface area contributed by atoms with Crippen molar-refractivity contribution in [3.8, 4) is 11.5 Å².